The van der Waals surface area contributed by atoms with E-state index in [1.807, 2.05) is 13.8 Å². The summed E-state index contributed by atoms with van der Waals surface area (Å²) in [6, 6.07) is 14.0. The molecule has 1 aliphatic carbocycles. The highest BCUT2D eigenvalue weighted by Gasteiger charge is 2.44. The summed E-state index contributed by atoms with van der Waals surface area (Å²) in [7, 11) is -20.1. The number of unbranched alkanes of at least 4 members (excludes halogenated alkanes) is 2. The lowest BCUT2D eigenvalue weighted by Gasteiger charge is -2.22. The number of ether oxygens (including phenoxy) is 6. The van der Waals surface area contributed by atoms with Gasteiger partial charge >= 0.3 is 68.3 Å². The molecule has 5 atom stereocenters. The monoisotopic (exact) mass is 1560 g/mol. The van der Waals surface area contributed by atoms with E-state index in [9.17, 15) is 52.6 Å². The van der Waals surface area contributed by atoms with Gasteiger partial charge in [0.15, 0.2) is 5.36 Å². The van der Waals surface area contributed by atoms with Crippen molar-refractivity contribution >= 4 is 113 Å². The molecule has 1 saturated heterocycles. The second kappa shape index (κ2) is 42.7. The molecule has 0 bridgehead atoms. The van der Waals surface area contributed by atoms with E-state index in [2.05, 4.69) is 55.9 Å². The molecular weight excluding hydrogens is 1490 g/mol. The number of azide groups is 1. The standard InChI is InChI=1S/C54H70N11O23P3S2.2O3S/c1-54(2,16-22-82-47(66)9-7-21-79-24-25-80-23-19-59-50(67)34-10-13-38(51(68)69)41(26-34)48-39-14-11-36(55)27-42(39)85-43-28-37(56)12-15-40(43)48)93-92-33-81-20-5-3-4-17-60-52(70)61-18-6-8-35-30-65(53(71)63-49(35)57)46-29-44(83-32-62-64-58)45(86-46)31-84-90(75,76)88-91(77,78)87-89(72,73)74;2*1-4(2)3/h10-15,26-28,30,44-46,55H,3-5,7,9,16-25,29,31-33,56H2,1-2H3,(H,59,67)(H,68,69)(H,75,76)(H,77,78)(H2,57,63,71)(H2,60,61,70)(H2,72,73,74);;/p+1/t44?,45-,46-;;/m1../s1. The van der Waals surface area contributed by atoms with Crippen LogP contribution in [-0.2, 0) is 81.3 Å². The lowest BCUT2D eigenvalue weighted by molar-refractivity contribution is -0.172. The average molecular weight is 1560 g/mol. The fourth-order valence-corrected chi connectivity index (χ4v) is 14.0. The van der Waals surface area contributed by atoms with E-state index >= 15 is 0 Å². The number of anilines is 2. The van der Waals surface area contributed by atoms with E-state index in [1.165, 1.54) is 24.4 Å². The molecule has 3 aliphatic rings. The van der Waals surface area contributed by atoms with Crippen LogP contribution in [0.3, 0.4) is 0 Å². The van der Waals surface area contributed by atoms with Crippen LogP contribution in [0.4, 0.5) is 16.3 Å². The van der Waals surface area contributed by atoms with E-state index in [-0.39, 0.29) is 85.6 Å². The Labute approximate surface area is 584 Å². The van der Waals surface area contributed by atoms with Crippen molar-refractivity contribution in [1.29, 1.82) is 0 Å². The first kappa shape index (κ1) is 85.7. The Morgan fingerprint density at radius 2 is 1.55 bits per heavy atom. The number of phosphoric ester groups is 1. The second-order valence-electron chi connectivity index (χ2n) is 21.0. The number of nitrogens with one attached hydrogen (secondary N) is 3. The van der Waals surface area contributed by atoms with Crippen LogP contribution in [0.1, 0.15) is 91.3 Å². The minimum Gasteiger partial charge on any atom is -0.478 e. The molecule has 47 heteroatoms. The van der Waals surface area contributed by atoms with Crippen molar-refractivity contribution in [1.82, 2.24) is 25.5 Å². The third-order valence-electron chi connectivity index (χ3n) is 13.0. The molecule has 3 heterocycles. The first-order valence-corrected chi connectivity index (χ1v) is 38.1. The van der Waals surface area contributed by atoms with E-state index < -0.39 is 100 Å². The summed E-state index contributed by atoms with van der Waals surface area (Å²) in [5.41, 5.74) is 22.3. The van der Waals surface area contributed by atoms with Gasteiger partial charge in [-0.1, -0.05) is 38.5 Å². The van der Waals surface area contributed by atoms with Crippen LogP contribution in [0, 0.1) is 11.8 Å². The molecule has 554 valence electrons. The minimum atomic E-state index is -5.82. The van der Waals surface area contributed by atoms with Crippen LogP contribution >= 0.6 is 45.1 Å². The van der Waals surface area contributed by atoms with Crippen molar-refractivity contribution in [3.05, 3.63) is 104 Å². The van der Waals surface area contributed by atoms with Crippen molar-refractivity contribution in [3.63, 3.8) is 0 Å². The van der Waals surface area contributed by atoms with E-state index in [1.54, 1.807) is 58.0 Å². The molecule has 14 N–H and O–H groups in total. The molecule has 2 aromatic carbocycles. The molecule has 6 rings (SSSR count). The lowest BCUT2D eigenvalue weighted by Crippen LogP contribution is -2.44. The Morgan fingerprint density at radius 3 is 2.25 bits per heavy atom. The Kier molecular flexibility index (Phi) is 36.2. The summed E-state index contributed by atoms with van der Waals surface area (Å²) in [5, 5.41) is 28.6. The van der Waals surface area contributed by atoms with Gasteiger partial charge < -0.3 is 84.9 Å². The van der Waals surface area contributed by atoms with Crippen LogP contribution < -0.4 is 43.9 Å². The summed E-state index contributed by atoms with van der Waals surface area (Å²) < 4.78 is 138. The van der Waals surface area contributed by atoms with Crippen molar-refractivity contribution < 1.29 is 134 Å². The number of hydrogen-bond donors (Lipinski definition) is 11. The molecule has 0 spiro atoms. The summed E-state index contributed by atoms with van der Waals surface area (Å²) in [6.45, 7) is 4.82. The minimum absolute atomic E-state index is 0.00983. The largest absolute Gasteiger partial charge is 0.490 e. The Bertz CT molecular complexity index is 4250. The molecule has 0 radical (unpaired) electrons. The summed E-state index contributed by atoms with van der Waals surface area (Å²) in [4.78, 5) is 106. The van der Waals surface area contributed by atoms with Gasteiger partial charge in [-0.15, -0.1) is 25.3 Å². The fraction of sp³-hybridized carbons (Fsp3) is 0.463. The van der Waals surface area contributed by atoms with Gasteiger partial charge in [0.1, 0.15) is 42.2 Å². The number of esters is 1. The van der Waals surface area contributed by atoms with Gasteiger partial charge in [-0.3, -0.25) is 24.1 Å². The summed E-state index contributed by atoms with van der Waals surface area (Å²) in [6.07, 6.45) is 0.779. The van der Waals surface area contributed by atoms with Crippen LogP contribution in [-0.4, -0.2) is 179 Å². The number of urea groups is 1. The zero-order valence-electron chi connectivity index (χ0n) is 53.4. The molecule has 3 amide bonds. The van der Waals surface area contributed by atoms with E-state index in [0.717, 1.165) is 17.4 Å². The highest BCUT2D eigenvalue weighted by atomic mass is 33.1. The Balaban J connectivity index is 0.00000256. The lowest BCUT2D eigenvalue weighted by atomic mass is 9.89. The highest BCUT2D eigenvalue weighted by molar-refractivity contribution is 8.77. The molecule has 3 aromatic rings. The second-order valence-corrected chi connectivity index (χ2v) is 29.2. The number of nitrogens with two attached hydrogens (primary N) is 3. The van der Waals surface area contributed by atoms with Gasteiger partial charge in [-0.2, -0.15) is 13.6 Å². The predicted octanol–water partition coefficient (Wildman–Crippen LogP) is 2.69. The van der Waals surface area contributed by atoms with Crippen molar-refractivity contribution in [2.24, 2.45) is 5.11 Å². The maximum atomic E-state index is 13.3. The number of carboxylic acids is 1. The first-order chi connectivity index (χ1) is 47.6. The van der Waals surface area contributed by atoms with Gasteiger partial charge in [0.05, 0.1) is 62.9 Å². The number of nitrogens with zero attached hydrogens (tertiary/aromatic N) is 5. The normalized spacial score (nSPS) is 15.3. The third kappa shape index (κ3) is 32.9. The van der Waals surface area contributed by atoms with Crippen LogP contribution in [0.2, 0.25) is 0 Å². The number of aromatic nitrogens is 2. The van der Waals surface area contributed by atoms with Gasteiger partial charge in [0.25, 0.3) is 5.91 Å². The number of aromatic carboxylic acids is 1. The smallest absolute Gasteiger partial charge is 0.478 e. The molecule has 0 saturated carbocycles. The van der Waals surface area contributed by atoms with E-state index in [4.69, 9.17) is 90.3 Å². The van der Waals surface area contributed by atoms with Gasteiger partial charge in [-0.05, 0) is 93.4 Å². The van der Waals surface area contributed by atoms with Gasteiger partial charge in [0, 0.05) is 94.9 Å². The molecule has 1 aromatic heterocycles. The number of rotatable bonds is 38. The van der Waals surface area contributed by atoms with Crippen LogP contribution in [0.25, 0.3) is 43.9 Å². The number of phosphoric acid groups is 3. The van der Waals surface area contributed by atoms with Gasteiger partial charge in [-0.25, -0.2) is 28.1 Å². The highest BCUT2D eigenvalue weighted by Crippen LogP contribution is 2.66. The van der Waals surface area contributed by atoms with Gasteiger partial charge in [0.2, 0.25) is 0 Å². The Morgan fingerprint density at radius 1 is 0.851 bits per heavy atom. The summed E-state index contributed by atoms with van der Waals surface area (Å²) in [5.74, 6) is 4.06. The third-order valence-corrected chi connectivity index (χ3v) is 19.9. The van der Waals surface area contributed by atoms with E-state index in [0.29, 0.717) is 89.4 Å². The number of carbonyl (C=O) groups excluding carboxylic acids is 3. The van der Waals surface area contributed by atoms with Crippen molar-refractivity contribution in [2.45, 2.75) is 82.0 Å². The molecule has 101 heavy (non-hydrogen) atoms. The molecule has 3 unspecified atom stereocenters. The summed E-state index contributed by atoms with van der Waals surface area (Å²) >= 11 is 0. The molecular formula is C54H71N11O29P3S4+. The molecule has 1 fully saturated rings. The van der Waals surface area contributed by atoms with Crippen LogP contribution in [0.5, 0.6) is 0 Å². The molecule has 40 nitrogen and oxygen atoms in total. The number of fused-ring (bicyclic) bond motifs is 2. The SMILES string of the molecule is CC(C)(CCOC(=O)CCCOCCOCCNC(=O)c1ccc(C(=O)O)c(-c2c3ccc(=[NH2+])cc-3oc3cc(N)ccc23)c1)SSCOCCCCCNC(=O)NCC#Cc1cn([C@H]2CC(OCN=[N+]=[N-])[C@@H](COP(=O)(O)OP(=O)(O)OP(=O)(O)O)O2)c(=O)nc1N.O=S(=O)=O.O=S(=O)=O. The predicted molar refractivity (Wildman–Crippen MR) is 355 cm³/mol. The molecule has 2 aliphatic heterocycles. The number of hydrogen-bond acceptors (Lipinski definition) is 30. The number of amides is 3. The number of nitrogen functional groups attached to an aromatic ring is 2. The Hall–Kier alpha value is -7.69. The topological polar surface area (TPSA) is 617 Å². The number of carboxylic acid groups (broad SMARTS) is 1. The number of benzene rings is 3. The fourth-order valence-electron chi connectivity index (χ4n) is 8.71. The first-order valence-electron chi connectivity index (χ1n) is 29.3. The van der Waals surface area contributed by atoms with Crippen molar-refractivity contribution in [2.75, 3.05) is 90.0 Å². The van der Waals surface area contributed by atoms with Crippen LogP contribution in [0.15, 0.2) is 75.1 Å². The number of carbonyl (C=O) groups is 4. The maximum Gasteiger partial charge on any atom is 0.490 e. The maximum absolute atomic E-state index is 13.3. The average Bonchev–Trinajstić information content (AvgIpc) is 1.34. The quantitative estimate of drug-likeness (QED) is 0.00231. The zero-order valence-corrected chi connectivity index (χ0v) is 59.4. The van der Waals surface area contributed by atoms with Crippen molar-refractivity contribution in [3.8, 4) is 34.3 Å². The zero-order chi connectivity index (χ0) is 74.9.